The fraction of sp³-hybridized carbons (Fsp3) is 0.160. The van der Waals surface area contributed by atoms with Crippen molar-refractivity contribution in [1.29, 1.82) is 0 Å². The summed E-state index contributed by atoms with van der Waals surface area (Å²) >= 11 is 0. The average Bonchev–Trinajstić information content (AvgIpc) is 2.77. The zero-order valence-electron chi connectivity index (χ0n) is 17.3. The molecule has 5 heteroatoms. The molecule has 1 aromatic heterocycles. The third-order valence-corrected chi connectivity index (χ3v) is 4.52. The van der Waals surface area contributed by atoms with Crippen LogP contribution in [0.4, 0.5) is 16.2 Å². The molecule has 3 rings (SSSR count). The summed E-state index contributed by atoms with van der Waals surface area (Å²) < 4.78 is 0. The van der Waals surface area contributed by atoms with Gasteiger partial charge in [0, 0.05) is 36.4 Å². The van der Waals surface area contributed by atoms with Crippen LogP contribution < -0.4 is 10.6 Å². The zero-order chi connectivity index (χ0) is 21.2. The van der Waals surface area contributed by atoms with Crippen molar-refractivity contribution in [2.24, 2.45) is 4.99 Å². The Balaban J connectivity index is 1.73. The Bertz CT molecular complexity index is 1010. The molecule has 0 unspecified atom stereocenters. The van der Waals surface area contributed by atoms with Crippen LogP contribution in [0.5, 0.6) is 0 Å². The van der Waals surface area contributed by atoms with E-state index in [9.17, 15) is 4.79 Å². The Morgan fingerprint density at radius 3 is 2.27 bits per heavy atom. The van der Waals surface area contributed by atoms with Gasteiger partial charge in [-0.2, -0.15) is 0 Å². The smallest absolute Gasteiger partial charge is 0.308 e. The summed E-state index contributed by atoms with van der Waals surface area (Å²) in [5.74, 6) is 0. The van der Waals surface area contributed by atoms with Gasteiger partial charge in [0.1, 0.15) is 0 Å². The number of allylic oxidation sites excluding steroid dienone is 1. The predicted octanol–water partition coefficient (Wildman–Crippen LogP) is 6.03. The van der Waals surface area contributed by atoms with Crippen molar-refractivity contribution in [2.75, 3.05) is 17.7 Å². The summed E-state index contributed by atoms with van der Waals surface area (Å²) in [5, 5.41) is 5.66. The number of nitrogens with zero attached hydrogens (tertiary/aromatic N) is 2. The normalized spacial score (nSPS) is 11.8. The molecule has 5 nitrogen and oxygen atoms in total. The number of amides is 2. The molecule has 0 bridgehead atoms. The molecule has 0 saturated heterocycles. The van der Waals surface area contributed by atoms with E-state index in [0.717, 1.165) is 46.6 Å². The van der Waals surface area contributed by atoms with E-state index >= 15 is 0 Å². The van der Waals surface area contributed by atoms with Crippen molar-refractivity contribution in [3.63, 3.8) is 0 Å². The molecule has 2 amide bonds. The van der Waals surface area contributed by atoms with E-state index in [0.29, 0.717) is 0 Å². The standard InChI is InChI=1S/C25H26N4O/c1-3-8-20(24(26-2)21-9-7-16-27-18-21)17-19-12-14-23(15-13-19)29-25(30)28-22-10-5-4-6-11-22/h4-7,9-18H,3,8H2,1-2H3,(H2,28,29,30)/b20-17+,26-24?. The fourth-order valence-corrected chi connectivity index (χ4v) is 3.17. The highest BCUT2D eigenvalue weighted by Crippen LogP contribution is 2.19. The molecule has 3 aromatic rings. The molecule has 1 heterocycles. The Labute approximate surface area is 177 Å². The van der Waals surface area contributed by atoms with Crippen LogP contribution in [0.3, 0.4) is 0 Å². The number of aromatic nitrogens is 1. The summed E-state index contributed by atoms with van der Waals surface area (Å²) in [7, 11) is 1.81. The van der Waals surface area contributed by atoms with Gasteiger partial charge in [-0.25, -0.2) is 4.79 Å². The highest BCUT2D eigenvalue weighted by atomic mass is 16.2. The minimum Gasteiger partial charge on any atom is -0.308 e. The molecule has 0 aliphatic carbocycles. The second-order valence-corrected chi connectivity index (χ2v) is 6.80. The van der Waals surface area contributed by atoms with Crippen LogP contribution in [-0.4, -0.2) is 23.8 Å². The molecular weight excluding hydrogens is 372 g/mol. The number of hydrogen-bond donors (Lipinski definition) is 2. The van der Waals surface area contributed by atoms with Gasteiger partial charge in [-0.1, -0.05) is 43.7 Å². The predicted molar refractivity (Wildman–Crippen MR) is 125 cm³/mol. The van der Waals surface area contributed by atoms with Crippen molar-refractivity contribution in [1.82, 2.24) is 4.98 Å². The van der Waals surface area contributed by atoms with Gasteiger partial charge in [0.2, 0.25) is 0 Å². The first-order chi connectivity index (χ1) is 14.7. The minimum atomic E-state index is -0.270. The maximum atomic E-state index is 12.2. The number of carbonyl (C=O) groups is 1. The Morgan fingerprint density at radius 1 is 0.967 bits per heavy atom. The molecule has 0 aliphatic rings. The van der Waals surface area contributed by atoms with Gasteiger partial charge < -0.3 is 10.6 Å². The van der Waals surface area contributed by atoms with Crippen LogP contribution >= 0.6 is 0 Å². The molecule has 2 N–H and O–H groups in total. The lowest BCUT2D eigenvalue weighted by molar-refractivity contribution is 0.262. The zero-order valence-corrected chi connectivity index (χ0v) is 17.3. The summed E-state index contributed by atoms with van der Waals surface area (Å²) in [6.07, 6.45) is 7.68. The van der Waals surface area contributed by atoms with Crippen molar-refractivity contribution in [3.05, 3.63) is 95.8 Å². The van der Waals surface area contributed by atoms with Crippen LogP contribution in [0.2, 0.25) is 0 Å². The first kappa shape index (κ1) is 21.0. The molecule has 0 fully saturated rings. The van der Waals surface area contributed by atoms with Crippen LogP contribution in [0, 0.1) is 0 Å². The molecule has 2 aromatic carbocycles. The SMILES string of the molecule is CCC/C(=C\c1ccc(NC(=O)Nc2ccccc2)cc1)C(=NC)c1cccnc1. The molecule has 0 spiro atoms. The number of benzene rings is 2. The number of nitrogens with one attached hydrogen (secondary N) is 2. The van der Waals surface area contributed by atoms with E-state index in [2.05, 4.69) is 33.6 Å². The van der Waals surface area contributed by atoms with E-state index in [-0.39, 0.29) is 6.03 Å². The molecule has 0 aliphatic heterocycles. The Hall–Kier alpha value is -3.73. The monoisotopic (exact) mass is 398 g/mol. The molecule has 152 valence electrons. The summed E-state index contributed by atoms with van der Waals surface area (Å²) in [6.45, 7) is 2.16. The second-order valence-electron chi connectivity index (χ2n) is 6.80. The van der Waals surface area contributed by atoms with E-state index in [1.807, 2.05) is 80.0 Å². The highest BCUT2D eigenvalue weighted by Gasteiger charge is 2.09. The fourth-order valence-electron chi connectivity index (χ4n) is 3.17. The van der Waals surface area contributed by atoms with Crippen LogP contribution in [0.1, 0.15) is 30.9 Å². The lowest BCUT2D eigenvalue weighted by Gasteiger charge is -2.11. The highest BCUT2D eigenvalue weighted by molar-refractivity contribution is 6.14. The summed E-state index contributed by atoms with van der Waals surface area (Å²) in [4.78, 5) is 20.9. The van der Waals surface area contributed by atoms with Crippen LogP contribution in [0.15, 0.2) is 89.7 Å². The van der Waals surface area contributed by atoms with Crippen molar-refractivity contribution >= 4 is 29.2 Å². The van der Waals surface area contributed by atoms with Gasteiger partial charge >= 0.3 is 6.03 Å². The molecular formula is C25H26N4O. The lowest BCUT2D eigenvalue weighted by Crippen LogP contribution is -2.19. The Morgan fingerprint density at radius 2 is 1.67 bits per heavy atom. The topological polar surface area (TPSA) is 66.4 Å². The van der Waals surface area contributed by atoms with Gasteiger partial charge in [-0.3, -0.25) is 9.98 Å². The number of para-hydroxylation sites is 1. The lowest BCUT2D eigenvalue weighted by atomic mass is 9.97. The first-order valence-corrected chi connectivity index (χ1v) is 10.0. The average molecular weight is 399 g/mol. The van der Waals surface area contributed by atoms with Gasteiger partial charge in [-0.15, -0.1) is 0 Å². The molecule has 0 saturated carbocycles. The second kappa shape index (κ2) is 10.7. The maximum absolute atomic E-state index is 12.2. The van der Waals surface area contributed by atoms with Crippen LogP contribution in [0.25, 0.3) is 6.08 Å². The van der Waals surface area contributed by atoms with E-state index in [1.54, 1.807) is 6.20 Å². The summed E-state index contributed by atoms with van der Waals surface area (Å²) in [6, 6.07) is 20.8. The number of urea groups is 1. The quantitative estimate of drug-likeness (QED) is 0.477. The van der Waals surface area contributed by atoms with Gasteiger partial charge in [0.05, 0.1) is 5.71 Å². The maximum Gasteiger partial charge on any atom is 0.323 e. The summed E-state index contributed by atoms with van der Waals surface area (Å²) in [5.41, 5.74) is 5.66. The largest absolute Gasteiger partial charge is 0.323 e. The van der Waals surface area contributed by atoms with Gasteiger partial charge in [0.25, 0.3) is 0 Å². The number of aliphatic imine (C=N–C) groups is 1. The third kappa shape index (κ3) is 5.88. The van der Waals surface area contributed by atoms with Crippen LogP contribution in [-0.2, 0) is 0 Å². The van der Waals surface area contributed by atoms with Crippen molar-refractivity contribution in [3.8, 4) is 0 Å². The third-order valence-electron chi connectivity index (χ3n) is 4.52. The molecule has 0 radical (unpaired) electrons. The van der Waals surface area contributed by atoms with Gasteiger partial charge in [0.15, 0.2) is 0 Å². The number of carbonyl (C=O) groups excluding carboxylic acids is 1. The molecule has 0 atom stereocenters. The van der Waals surface area contributed by atoms with E-state index in [4.69, 9.17) is 0 Å². The number of pyridine rings is 1. The minimum absolute atomic E-state index is 0.270. The molecule has 30 heavy (non-hydrogen) atoms. The van der Waals surface area contributed by atoms with Crippen molar-refractivity contribution in [2.45, 2.75) is 19.8 Å². The van der Waals surface area contributed by atoms with Gasteiger partial charge in [-0.05, 0) is 60.0 Å². The van der Waals surface area contributed by atoms with E-state index < -0.39 is 0 Å². The number of anilines is 2. The van der Waals surface area contributed by atoms with E-state index in [1.165, 1.54) is 0 Å². The number of rotatable bonds is 7. The van der Waals surface area contributed by atoms with Crippen molar-refractivity contribution < 1.29 is 4.79 Å². The number of hydrogen-bond acceptors (Lipinski definition) is 3. The Kier molecular flexibility index (Phi) is 7.50. The first-order valence-electron chi connectivity index (χ1n) is 10.0.